The van der Waals surface area contributed by atoms with Gasteiger partial charge in [0.05, 0.1) is 0 Å². The van der Waals surface area contributed by atoms with Gasteiger partial charge in [0.2, 0.25) is 0 Å². The Hall–Kier alpha value is -0.600. The molecule has 1 N–H and O–H groups in total. The zero-order chi connectivity index (χ0) is 14.4. The van der Waals surface area contributed by atoms with Crippen molar-refractivity contribution in [1.82, 2.24) is 5.32 Å². The molecule has 0 aliphatic heterocycles. The maximum atomic E-state index is 13.7. The number of halogens is 2. The van der Waals surface area contributed by atoms with Gasteiger partial charge in [0, 0.05) is 5.02 Å². The molecular formula is C16H25ClFN. The Balaban J connectivity index is 2.47. The lowest BCUT2D eigenvalue weighted by atomic mass is 9.89. The molecule has 0 heterocycles. The average Bonchev–Trinajstić information content (AvgIpc) is 2.32. The molecule has 0 spiro atoms. The van der Waals surface area contributed by atoms with Crippen LogP contribution >= 0.6 is 11.6 Å². The van der Waals surface area contributed by atoms with Gasteiger partial charge in [-0.05, 0) is 55.0 Å². The molecule has 19 heavy (non-hydrogen) atoms. The van der Waals surface area contributed by atoms with Gasteiger partial charge in [-0.1, -0.05) is 45.4 Å². The van der Waals surface area contributed by atoms with E-state index >= 15 is 0 Å². The van der Waals surface area contributed by atoms with Crippen molar-refractivity contribution in [3.63, 3.8) is 0 Å². The van der Waals surface area contributed by atoms with Crippen LogP contribution in [0.3, 0.4) is 0 Å². The molecule has 1 rings (SSSR count). The van der Waals surface area contributed by atoms with Crippen molar-refractivity contribution in [3.8, 4) is 0 Å². The Morgan fingerprint density at radius 1 is 1.11 bits per heavy atom. The van der Waals surface area contributed by atoms with Crippen molar-refractivity contribution in [2.75, 3.05) is 13.1 Å². The third-order valence-corrected chi connectivity index (χ3v) is 3.78. The number of hydrogen-bond donors (Lipinski definition) is 1. The van der Waals surface area contributed by atoms with E-state index in [4.69, 9.17) is 11.6 Å². The van der Waals surface area contributed by atoms with Crippen molar-refractivity contribution < 1.29 is 4.39 Å². The molecular weight excluding hydrogens is 261 g/mol. The lowest BCUT2D eigenvalue weighted by Crippen LogP contribution is -2.29. The van der Waals surface area contributed by atoms with Crippen LogP contribution in [0, 0.1) is 23.6 Å². The van der Waals surface area contributed by atoms with Crippen molar-refractivity contribution in [2.24, 2.45) is 17.8 Å². The standard InChI is InChI=1S/C16H25ClFN/c1-11(2)9-19-10-13(4)12(3)7-14-5-6-15(17)8-16(14)18/h5-6,8,11-13,19H,7,9-10H2,1-4H3. The summed E-state index contributed by atoms with van der Waals surface area (Å²) >= 11 is 5.76. The second-order valence-corrected chi connectivity index (χ2v) is 6.38. The van der Waals surface area contributed by atoms with E-state index in [2.05, 4.69) is 33.0 Å². The van der Waals surface area contributed by atoms with Gasteiger partial charge in [-0.15, -0.1) is 0 Å². The van der Waals surface area contributed by atoms with E-state index in [0.717, 1.165) is 25.1 Å². The molecule has 0 bridgehead atoms. The number of rotatable bonds is 7. The van der Waals surface area contributed by atoms with Crippen LogP contribution in [0.4, 0.5) is 4.39 Å². The van der Waals surface area contributed by atoms with Crippen LogP contribution in [-0.2, 0) is 6.42 Å². The molecule has 0 radical (unpaired) electrons. The second kappa shape index (κ2) is 7.86. The van der Waals surface area contributed by atoms with Crippen LogP contribution in [0.2, 0.25) is 5.02 Å². The van der Waals surface area contributed by atoms with Crippen molar-refractivity contribution in [1.29, 1.82) is 0 Å². The zero-order valence-electron chi connectivity index (χ0n) is 12.3. The smallest absolute Gasteiger partial charge is 0.127 e. The molecule has 1 nitrogen and oxygen atoms in total. The average molecular weight is 286 g/mol. The fourth-order valence-electron chi connectivity index (χ4n) is 2.04. The maximum absolute atomic E-state index is 13.7. The molecule has 0 aromatic heterocycles. The summed E-state index contributed by atoms with van der Waals surface area (Å²) in [6, 6.07) is 4.95. The van der Waals surface area contributed by atoms with Gasteiger partial charge >= 0.3 is 0 Å². The van der Waals surface area contributed by atoms with Crippen LogP contribution < -0.4 is 5.32 Å². The van der Waals surface area contributed by atoms with E-state index in [1.165, 1.54) is 6.07 Å². The van der Waals surface area contributed by atoms with Gasteiger partial charge in [0.25, 0.3) is 0 Å². The lowest BCUT2D eigenvalue weighted by molar-refractivity contribution is 0.354. The first kappa shape index (κ1) is 16.5. The minimum Gasteiger partial charge on any atom is -0.316 e. The Kier molecular flexibility index (Phi) is 6.81. The fourth-order valence-corrected chi connectivity index (χ4v) is 2.19. The monoisotopic (exact) mass is 285 g/mol. The molecule has 0 saturated carbocycles. The van der Waals surface area contributed by atoms with E-state index in [-0.39, 0.29) is 5.82 Å². The van der Waals surface area contributed by atoms with E-state index in [0.29, 0.717) is 22.8 Å². The summed E-state index contributed by atoms with van der Waals surface area (Å²) in [5.74, 6) is 1.43. The topological polar surface area (TPSA) is 12.0 Å². The van der Waals surface area contributed by atoms with Crippen LogP contribution in [0.25, 0.3) is 0 Å². The van der Waals surface area contributed by atoms with Crippen LogP contribution in [0.5, 0.6) is 0 Å². The predicted octanol–water partition coefficient (Wildman–Crippen LogP) is 4.54. The molecule has 0 fully saturated rings. The minimum absolute atomic E-state index is 0.193. The molecule has 2 atom stereocenters. The second-order valence-electron chi connectivity index (χ2n) is 5.95. The number of benzene rings is 1. The first-order chi connectivity index (χ1) is 8.90. The molecule has 1 aromatic carbocycles. The predicted molar refractivity (Wildman–Crippen MR) is 81.1 cm³/mol. The molecule has 1 aromatic rings. The highest BCUT2D eigenvalue weighted by atomic mass is 35.5. The molecule has 0 aliphatic carbocycles. The van der Waals surface area contributed by atoms with Crippen molar-refractivity contribution in [3.05, 3.63) is 34.6 Å². The Bertz CT molecular complexity index is 392. The highest BCUT2D eigenvalue weighted by Crippen LogP contribution is 2.21. The highest BCUT2D eigenvalue weighted by Gasteiger charge is 2.15. The third-order valence-electron chi connectivity index (χ3n) is 3.55. The molecule has 108 valence electrons. The summed E-state index contributed by atoms with van der Waals surface area (Å²) in [7, 11) is 0. The molecule has 0 saturated heterocycles. The quantitative estimate of drug-likeness (QED) is 0.775. The number of nitrogens with one attached hydrogen (secondary N) is 1. The third kappa shape index (κ3) is 5.92. The SMILES string of the molecule is CC(C)CNCC(C)C(C)Cc1ccc(Cl)cc1F. The summed E-state index contributed by atoms with van der Waals surface area (Å²) in [4.78, 5) is 0. The number of hydrogen-bond acceptors (Lipinski definition) is 1. The lowest BCUT2D eigenvalue weighted by Gasteiger charge is -2.21. The summed E-state index contributed by atoms with van der Waals surface area (Å²) in [6.45, 7) is 10.8. The maximum Gasteiger partial charge on any atom is 0.127 e. The largest absolute Gasteiger partial charge is 0.316 e. The van der Waals surface area contributed by atoms with E-state index < -0.39 is 0 Å². The van der Waals surface area contributed by atoms with Gasteiger partial charge in [0.15, 0.2) is 0 Å². The first-order valence-corrected chi connectivity index (χ1v) is 7.42. The van der Waals surface area contributed by atoms with Gasteiger partial charge in [-0.3, -0.25) is 0 Å². The highest BCUT2D eigenvalue weighted by molar-refractivity contribution is 6.30. The first-order valence-electron chi connectivity index (χ1n) is 7.04. The molecule has 3 heteroatoms. The van der Waals surface area contributed by atoms with Gasteiger partial charge in [0.1, 0.15) is 5.82 Å². The van der Waals surface area contributed by atoms with Gasteiger partial charge < -0.3 is 5.32 Å². The van der Waals surface area contributed by atoms with Crippen LogP contribution in [-0.4, -0.2) is 13.1 Å². The van der Waals surface area contributed by atoms with Gasteiger partial charge in [-0.2, -0.15) is 0 Å². The van der Waals surface area contributed by atoms with E-state index in [1.54, 1.807) is 12.1 Å². The Labute approximate surface area is 121 Å². The molecule has 0 amide bonds. The zero-order valence-corrected chi connectivity index (χ0v) is 13.1. The van der Waals surface area contributed by atoms with Crippen LogP contribution in [0.15, 0.2) is 18.2 Å². The van der Waals surface area contributed by atoms with Gasteiger partial charge in [-0.25, -0.2) is 4.39 Å². The fraction of sp³-hybridized carbons (Fsp3) is 0.625. The molecule has 0 aliphatic rings. The normalized spacial score (nSPS) is 14.7. The summed E-state index contributed by atoms with van der Waals surface area (Å²) in [6.07, 6.45) is 0.757. The summed E-state index contributed by atoms with van der Waals surface area (Å²) < 4.78 is 13.7. The van der Waals surface area contributed by atoms with E-state index in [1.807, 2.05) is 0 Å². The van der Waals surface area contributed by atoms with Crippen molar-refractivity contribution in [2.45, 2.75) is 34.1 Å². The Morgan fingerprint density at radius 3 is 2.37 bits per heavy atom. The van der Waals surface area contributed by atoms with Crippen LogP contribution in [0.1, 0.15) is 33.3 Å². The summed E-state index contributed by atoms with van der Waals surface area (Å²) in [5, 5.41) is 3.92. The Morgan fingerprint density at radius 2 is 1.79 bits per heavy atom. The molecule has 2 unspecified atom stereocenters. The minimum atomic E-state index is -0.193. The summed E-state index contributed by atoms with van der Waals surface area (Å²) in [5.41, 5.74) is 0.757. The van der Waals surface area contributed by atoms with E-state index in [9.17, 15) is 4.39 Å². The van der Waals surface area contributed by atoms with Crippen molar-refractivity contribution >= 4 is 11.6 Å².